The van der Waals surface area contributed by atoms with E-state index in [9.17, 15) is 9.59 Å². The Kier molecular flexibility index (Phi) is 6.22. The second-order valence-corrected chi connectivity index (χ2v) is 10.3. The maximum Gasteiger partial charge on any atom is 0.494 e. The average molecular weight is 499 g/mol. The third-order valence-corrected chi connectivity index (χ3v) is 7.01. The molecule has 0 aromatic heterocycles. The average Bonchev–Trinajstić information content (AvgIpc) is 2.95. The molecule has 168 valence electrons. The molecule has 8 heteroatoms. The van der Waals surface area contributed by atoms with Crippen LogP contribution in [0.25, 0.3) is 0 Å². The van der Waals surface area contributed by atoms with Crippen molar-refractivity contribution >= 4 is 51.7 Å². The van der Waals surface area contributed by atoms with Crippen LogP contribution >= 0.6 is 15.9 Å². The summed E-state index contributed by atoms with van der Waals surface area (Å²) in [6.45, 7) is 8.19. The first-order chi connectivity index (χ1) is 15.0. The van der Waals surface area contributed by atoms with Crippen molar-refractivity contribution in [1.29, 1.82) is 0 Å². The highest BCUT2D eigenvalue weighted by atomic mass is 79.9. The van der Waals surface area contributed by atoms with Crippen molar-refractivity contribution in [3.63, 3.8) is 0 Å². The van der Waals surface area contributed by atoms with Crippen molar-refractivity contribution in [3.05, 3.63) is 52.0 Å². The molecule has 0 atom stereocenters. The molecule has 5 rings (SSSR count). The van der Waals surface area contributed by atoms with Crippen LogP contribution in [0.4, 0.5) is 11.4 Å². The van der Waals surface area contributed by atoms with Crippen LogP contribution in [0.15, 0.2) is 40.9 Å². The van der Waals surface area contributed by atoms with Crippen molar-refractivity contribution in [1.82, 2.24) is 0 Å². The summed E-state index contributed by atoms with van der Waals surface area (Å²) in [6.07, 6.45) is 2.76. The second kappa shape index (κ2) is 8.65. The van der Waals surface area contributed by atoms with Crippen molar-refractivity contribution in [3.8, 4) is 0 Å². The number of benzene rings is 2. The maximum atomic E-state index is 11.4. The minimum Gasteiger partial charge on any atom is -0.399 e. The number of hydrogen-bond acceptors (Lipinski definition) is 4. The molecule has 0 aliphatic carbocycles. The normalized spacial score (nSPS) is 20.3. The van der Waals surface area contributed by atoms with E-state index in [-0.39, 0.29) is 30.1 Å². The van der Waals surface area contributed by atoms with Crippen LogP contribution in [-0.2, 0) is 31.7 Å². The molecule has 3 heterocycles. The summed E-state index contributed by atoms with van der Waals surface area (Å²) in [4.78, 5) is 22.4. The van der Waals surface area contributed by atoms with Gasteiger partial charge >= 0.3 is 7.12 Å². The molecule has 0 unspecified atom stereocenters. The number of aryl methyl sites for hydroxylation is 2. The van der Waals surface area contributed by atoms with Gasteiger partial charge in [-0.2, -0.15) is 0 Å². The molecule has 0 saturated carbocycles. The van der Waals surface area contributed by atoms with E-state index in [2.05, 4.69) is 38.7 Å². The molecular formula is C24H28BBrN2O4. The van der Waals surface area contributed by atoms with Gasteiger partial charge in [0.25, 0.3) is 0 Å². The summed E-state index contributed by atoms with van der Waals surface area (Å²) in [5.41, 5.74) is 4.57. The molecule has 2 N–H and O–H groups in total. The van der Waals surface area contributed by atoms with Crippen molar-refractivity contribution < 1.29 is 18.9 Å². The van der Waals surface area contributed by atoms with Gasteiger partial charge in [-0.15, -0.1) is 0 Å². The fourth-order valence-electron chi connectivity index (χ4n) is 3.88. The van der Waals surface area contributed by atoms with Crippen LogP contribution in [-0.4, -0.2) is 30.1 Å². The first-order valence-electron chi connectivity index (χ1n) is 10.9. The van der Waals surface area contributed by atoms with Gasteiger partial charge in [-0.3, -0.25) is 9.59 Å². The van der Waals surface area contributed by atoms with Gasteiger partial charge < -0.3 is 19.9 Å². The summed E-state index contributed by atoms with van der Waals surface area (Å²) in [7, 11) is -0.345. The largest absolute Gasteiger partial charge is 0.494 e. The van der Waals surface area contributed by atoms with Gasteiger partial charge in [0.1, 0.15) is 0 Å². The summed E-state index contributed by atoms with van der Waals surface area (Å²) >= 11 is 3.39. The number of fused-ring (bicyclic) bond motifs is 2. The Morgan fingerprint density at radius 3 is 1.84 bits per heavy atom. The standard InChI is InChI=1S/C15H20BNO3.C9H8BrNO/c1-14(2)15(3,4)20-16(19-14)11-6-7-12-10(9-11)5-8-13(18)17-12;10-7-2-3-8-6(5-7)1-4-9(12)11-8/h6-7,9H,5,8H2,1-4H3,(H,17,18);2-3,5H,1,4H2,(H,11,12). The van der Waals surface area contributed by atoms with E-state index < -0.39 is 0 Å². The van der Waals surface area contributed by atoms with E-state index in [0.717, 1.165) is 39.7 Å². The fraction of sp³-hybridized carbons (Fsp3) is 0.417. The van der Waals surface area contributed by atoms with E-state index in [1.807, 2.05) is 52.0 Å². The second-order valence-electron chi connectivity index (χ2n) is 9.40. The Bertz CT molecular complexity index is 1050. The molecule has 2 aromatic rings. The van der Waals surface area contributed by atoms with Crippen LogP contribution in [0, 0.1) is 0 Å². The highest BCUT2D eigenvalue weighted by Crippen LogP contribution is 2.36. The summed E-state index contributed by atoms with van der Waals surface area (Å²) < 4.78 is 13.2. The predicted molar refractivity (Wildman–Crippen MR) is 130 cm³/mol. The van der Waals surface area contributed by atoms with E-state index in [4.69, 9.17) is 9.31 Å². The minimum atomic E-state index is -0.345. The van der Waals surface area contributed by atoms with Gasteiger partial charge in [0.15, 0.2) is 0 Å². The van der Waals surface area contributed by atoms with E-state index in [1.54, 1.807) is 0 Å². The number of nitrogens with one attached hydrogen (secondary N) is 2. The Hall–Kier alpha value is -2.16. The zero-order valence-electron chi connectivity index (χ0n) is 18.9. The van der Waals surface area contributed by atoms with Gasteiger partial charge in [0.05, 0.1) is 11.2 Å². The Morgan fingerprint density at radius 1 is 0.781 bits per heavy atom. The van der Waals surface area contributed by atoms with E-state index in [0.29, 0.717) is 12.8 Å². The van der Waals surface area contributed by atoms with Gasteiger partial charge in [-0.1, -0.05) is 28.1 Å². The third-order valence-electron chi connectivity index (χ3n) is 6.51. The number of carbonyl (C=O) groups is 2. The van der Waals surface area contributed by atoms with Crippen LogP contribution in [0.2, 0.25) is 0 Å². The lowest BCUT2D eigenvalue weighted by Gasteiger charge is -2.32. The van der Waals surface area contributed by atoms with Gasteiger partial charge in [0.2, 0.25) is 11.8 Å². The quantitative estimate of drug-likeness (QED) is 0.577. The van der Waals surface area contributed by atoms with Crippen LogP contribution < -0.4 is 16.1 Å². The van der Waals surface area contributed by atoms with Gasteiger partial charge in [0, 0.05) is 28.7 Å². The lowest BCUT2D eigenvalue weighted by atomic mass is 9.77. The molecule has 0 radical (unpaired) electrons. The SMILES string of the molecule is CC1(C)OB(c2ccc3c(c2)CCC(=O)N3)OC1(C)C.O=C1CCc2cc(Br)ccc2N1. The van der Waals surface area contributed by atoms with Crippen LogP contribution in [0.5, 0.6) is 0 Å². The number of hydrogen-bond donors (Lipinski definition) is 2. The maximum absolute atomic E-state index is 11.4. The van der Waals surface area contributed by atoms with Crippen LogP contribution in [0.3, 0.4) is 0 Å². The van der Waals surface area contributed by atoms with Gasteiger partial charge in [-0.25, -0.2) is 0 Å². The molecule has 0 spiro atoms. The number of rotatable bonds is 1. The Labute approximate surface area is 197 Å². The molecule has 1 saturated heterocycles. The molecule has 1 fully saturated rings. The molecule has 2 amide bonds. The van der Waals surface area contributed by atoms with Crippen molar-refractivity contribution in [2.45, 2.75) is 64.6 Å². The third kappa shape index (κ3) is 4.77. The topological polar surface area (TPSA) is 76.7 Å². The lowest BCUT2D eigenvalue weighted by Crippen LogP contribution is -2.41. The van der Waals surface area contributed by atoms with Crippen molar-refractivity contribution in [2.75, 3.05) is 10.6 Å². The monoisotopic (exact) mass is 498 g/mol. The van der Waals surface area contributed by atoms with Gasteiger partial charge in [-0.05, 0) is 81.4 Å². The highest BCUT2D eigenvalue weighted by Gasteiger charge is 2.51. The molecule has 2 aromatic carbocycles. The number of carbonyl (C=O) groups excluding carboxylic acids is 2. The molecule has 32 heavy (non-hydrogen) atoms. The minimum absolute atomic E-state index is 0.0842. The molecule has 3 aliphatic rings. The fourth-order valence-corrected chi connectivity index (χ4v) is 4.29. The first-order valence-corrected chi connectivity index (χ1v) is 11.7. The highest BCUT2D eigenvalue weighted by molar-refractivity contribution is 9.10. The lowest BCUT2D eigenvalue weighted by molar-refractivity contribution is -0.117. The Balaban J connectivity index is 0.000000174. The number of amides is 2. The molecule has 0 bridgehead atoms. The van der Waals surface area contributed by atoms with E-state index in [1.165, 1.54) is 5.56 Å². The summed E-state index contributed by atoms with van der Waals surface area (Å²) in [6, 6.07) is 11.9. The first kappa shape index (κ1) is 23.0. The zero-order chi connectivity index (χ0) is 23.1. The summed E-state index contributed by atoms with van der Waals surface area (Å²) in [5.74, 6) is 0.200. The van der Waals surface area contributed by atoms with Crippen LogP contribution in [0.1, 0.15) is 51.7 Å². The molecular weight excluding hydrogens is 471 g/mol. The smallest absolute Gasteiger partial charge is 0.399 e. The molecule has 3 aliphatic heterocycles. The zero-order valence-corrected chi connectivity index (χ0v) is 20.5. The molecule has 6 nitrogen and oxygen atoms in total. The van der Waals surface area contributed by atoms with E-state index >= 15 is 0 Å². The predicted octanol–water partition coefficient (Wildman–Crippen LogP) is 4.20. The number of anilines is 2. The number of halogens is 1. The Morgan fingerprint density at radius 2 is 1.28 bits per heavy atom. The summed E-state index contributed by atoms with van der Waals surface area (Å²) in [5, 5.41) is 5.72. The van der Waals surface area contributed by atoms with Crippen molar-refractivity contribution in [2.24, 2.45) is 0 Å².